The summed E-state index contributed by atoms with van der Waals surface area (Å²) in [4.78, 5) is 24.3. The van der Waals surface area contributed by atoms with Gasteiger partial charge < -0.3 is 15.7 Å². The summed E-state index contributed by atoms with van der Waals surface area (Å²) in [6, 6.07) is -0.406. The van der Waals surface area contributed by atoms with Gasteiger partial charge in [0, 0.05) is 19.0 Å². The molecule has 0 radical (unpaired) electrons. The highest BCUT2D eigenvalue weighted by Gasteiger charge is 2.22. The second-order valence-corrected chi connectivity index (χ2v) is 4.87. The fourth-order valence-electron chi connectivity index (χ4n) is 1.78. The summed E-state index contributed by atoms with van der Waals surface area (Å²) in [7, 11) is 0. The number of nitrogens with zero attached hydrogens (tertiary/aromatic N) is 1. The summed E-state index contributed by atoms with van der Waals surface area (Å²) in [5.41, 5.74) is 5.87. The Bertz CT molecular complexity index is 267. The van der Waals surface area contributed by atoms with Gasteiger partial charge in [-0.15, -0.1) is 0 Å². The number of hydrogen-bond donors (Lipinski definition) is 2. The highest BCUT2D eigenvalue weighted by atomic mass is 16.4. The molecule has 3 N–H and O–H groups in total. The van der Waals surface area contributed by atoms with Crippen molar-refractivity contribution in [2.24, 2.45) is 5.73 Å². The van der Waals surface area contributed by atoms with E-state index in [0.717, 1.165) is 12.8 Å². The van der Waals surface area contributed by atoms with E-state index < -0.39 is 12.0 Å². The number of carbonyl (C=O) groups is 2. The Labute approximate surface area is 109 Å². The molecule has 0 aliphatic carbocycles. The number of nitrogens with two attached hydrogens (primary N) is 1. The van der Waals surface area contributed by atoms with Crippen LogP contribution in [-0.2, 0) is 9.59 Å². The van der Waals surface area contributed by atoms with Crippen molar-refractivity contribution in [2.75, 3.05) is 6.54 Å². The van der Waals surface area contributed by atoms with Gasteiger partial charge in [0.25, 0.3) is 0 Å². The topological polar surface area (TPSA) is 83.6 Å². The van der Waals surface area contributed by atoms with Gasteiger partial charge in [-0.2, -0.15) is 0 Å². The molecule has 1 unspecified atom stereocenters. The number of hydrogen-bond acceptors (Lipinski definition) is 3. The first-order valence-corrected chi connectivity index (χ1v) is 6.68. The molecule has 5 heteroatoms. The van der Waals surface area contributed by atoms with E-state index in [2.05, 4.69) is 6.92 Å². The molecule has 0 bridgehead atoms. The van der Waals surface area contributed by atoms with Crippen LogP contribution in [-0.4, -0.2) is 40.5 Å². The van der Waals surface area contributed by atoms with E-state index >= 15 is 0 Å². The number of rotatable bonds is 9. The standard InChI is InChI=1S/C13H26N2O3/c1-4-5-7-11(14)13(18)15(10(2)3)9-6-8-12(16)17/h10-11H,4-9,14H2,1-3H3,(H,16,17). The summed E-state index contributed by atoms with van der Waals surface area (Å²) in [6.45, 7) is 6.36. The molecule has 0 aromatic heterocycles. The van der Waals surface area contributed by atoms with Crippen LogP contribution in [0.15, 0.2) is 0 Å². The van der Waals surface area contributed by atoms with E-state index in [-0.39, 0.29) is 18.4 Å². The Morgan fingerprint density at radius 2 is 1.89 bits per heavy atom. The summed E-state index contributed by atoms with van der Waals surface area (Å²) < 4.78 is 0. The number of unbranched alkanes of at least 4 members (excludes halogenated alkanes) is 1. The van der Waals surface area contributed by atoms with Crippen molar-refractivity contribution >= 4 is 11.9 Å². The van der Waals surface area contributed by atoms with E-state index in [1.807, 2.05) is 13.8 Å². The molecule has 0 aromatic rings. The van der Waals surface area contributed by atoms with Gasteiger partial charge in [-0.05, 0) is 26.7 Å². The minimum absolute atomic E-state index is 0.0546. The van der Waals surface area contributed by atoms with Crippen LogP contribution in [0.3, 0.4) is 0 Å². The van der Waals surface area contributed by atoms with Crippen molar-refractivity contribution in [3.63, 3.8) is 0 Å². The lowest BCUT2D eigenvalue weighted by Gasteiger charge is -2.29. The molecule has 0 aliphatic rings. The molecule has 1 atom stereocenters. The van der Waals surface area contributed by atoms with Gasteiger partial charge in [0.2, 0.25) is 5.91 Å². The van der Waals surface area contributed by atoms with E-state index in [1.54, 1.807) is 4.90 Å². The minimum atomic E-state index is -0.832. The molecule has 1 amide bonds. The maximum atomic E-state index is 12.1. The Balaban J connectivity index is 4.30. The fraction of sp³-hybridized carbons (Fsp3) is 0.846. The minimum Gasteiger partial charge on any atom is -0.481 e. The number of amides is 1. The summed E-state index contributed by atoms with van der Waals surface area (Å²) >= 11 is 0. The van der Waals surface area contributed by atoms with Crippen molar-refractivity contribution < 1.29 is 14.7 Å². The van der Waals surface area contributed by atoms with Gasteiger partial charge in [-0.3, -0.25) is 9.59 Å². The predicted octanol–water partition coefficient (Wildman–Crippen LogP) is 1.61. The van der Waals surface area contributed by atoms with Crippen molar-refractivity contribution in [3.05, 3.63) is 0 Å². The van der Waals surface area contributed by atoms with E-state index in [4.69, 9.17) is 10.8 Å². The first-order chi connectivity index (χ1) is 8.40. The number of carboxylic acids is 1. The third kappa shape index (κ3) is 6.59. The Kier molecular flexibility index (Phi) is 8.37. The third-order valence-corrected chi connectivity index (χ3v) is 2.88. The van der Waals surface area contributed by atoms with Crippen LogP contribution in [0.5, 0.6) is 0 Å². The molecule has 0 rings (SSSR count). The Morgan fingerprint density at radius 3 is 2.33 bits per heavy atom. The largest absolute Gasteiger partial charge is 0.481 e. The smallest absolute Gasteiger partial charge is 0.303 e. The van der Waals surface area contributed by atoms with Crippen LogP contribution < -0.4 is 5.73 Å². The number of aliphatic carboxylic acids is 1. The zero-order valence-corrected chi connectivity index (χ0v) is 11.7. The lowest BCUT2D eigenvalue weighted by molar-refractivity contribution is -0.139. The van der Waals surface area contributed by atoms with Gasteiger partial charge in [0.1, 0.15) is 0 Å². The lowest BCUT2D eigenvalue weighted by Crippen LogP contribution is -2.47. The fourth-order valence-corrected chi connectivity index (χ4v) is 1.78. The molecule has 0 heterocycles. The second kappa shape index (κ2) is 8.91. The number of carbonyl (C=O) groups excluding carboxylic acids is 1. The second-order valence-electron chi connectivity index (χ2n) is 4.87. The molecular formula is C13H26N2O3. The number of carboxylic acid groups (broad SMARTS) is 1. The van der Waals surface area contributed by atoms with Crippen LogP contribution in [0.1, 0.15) is 52.9 Å². The average Bonchev–Trinajstić information content (AvgIpc) is 2.30. The van der Waals surface area contributed by atoms with Crippen LogP contribution in [0, 0.1) is 0 Å². The van der Waals surface area contributed by atoms with Gasteiger partial charge in [-0.25, -0.2) is 0 Å². The normalized spacial score (nSPS) is 12.5. The average molecular weight is 258 g/mol. The Hall–Kier alpha value is -1.10. The maximum Gasteiger partial charge on any atom is 0.303 e. The van der Waals surface area contributed by atoms with Crippen molar-refractivity contribution in [3.8, 4) is 0 Å². The molecular weight excluding hydrogens is 232 g/mol. The van der Waals surface area contributed by atoms with Crippen molar-refractivity contribution in [1.82, 2.24) is 4.90 Å². The molecule has 0 aromatic carbocycles. The molecule has 0 saturated carbocycles. The van der Waals surface area contributed by atoms with Crippen LogP contribution in [0.2, 0.25) is 0 Å². The molecule has 0 spiro atoms. The highest BCUT2D eigenvalue weighted by Crippen LogP contribution is 2.08. The van der Waals surface area contributed by atoms with E-state index in [1.165, 1.54) is 0 Å². The highest BCUT2D eigenvalue weighted by molar-refractivity contribution is 5.81. The SMILES string of the molecule is CCCCC(N)C(=O)N(CCCC(=O)O)C(C)C. The molecule has 0 aliphatic heterocycles. The first kappa shape index (κ1) is 16.9. The zero-order valence-electron chi connectivity index (χ0n) is 11.7. The molecule has 18 heavy (non-hydrogen) atoms. The van der Waals surface area contributed by atoms with Gasteiger partial charge in [0.15, 0.2) is 0 Å². The van der Waals surface area contributed by atoms with E-state index in [0.29, 0.717) is 19.4 Å². The third-order valence-electron chi connectivity index (χ3n) is 2.88. The van der Waals surface area contributed by atoms with Crippen LogP contribution in [0.4, 0.5) is 0 Å². The lowest BCUT2D eigenvalue weighted by atomic mass is 10.1. The van der Waals surface area contributed by atoms with Gasteiger partial charge in [0.05, 0.1) is 6.04 Å². The molecule has 106 valence electrons. The maximum absolute atomic E-state index is 12.1. The van der Waals surface area contributed by atoms with Crippen molar-refractivity contribution in [1.29, 1.82) is 0 Å². The predicted molar refractivity (Wildman–Crippen MR) is 71.2 cm³/mol. The first-order valence-electron chi connectivity index (χ1n) is 6.68. The van der Waals surface area contributed by atoms with E-state index in [9.17, 15) is 9.59 Å². The monoisotopic (exact) mass is 258 g/mol. The van der Waals surface area contributed by atoms with Crippen LogP contribution >= 0.6 is 0 Å². The quantitative estimate of drug-likeness (QED) is 0.658. The molecule has 0 fully saturated rings. The zero-order chi connectivity index (χ0) is 14.1. The summed E-state index contributed by atoms with van der Waals surface area (Å²) in [5, 5.41) is 8.60. The molecule has 5 nitrogen and oxygen atoms in total. The molecule has 0 saturated heterocycles. The Morgan fingerprint density at radius 1 is 1.28 bits per heavy atom. The van der Waals surface area contributed by atoms with Crippen LogP contribution in [0.25, 0.3) is 0 Å². The van der Waals surface area contributed by atoms with Gasteiger partial charge >= 0.3 is 5.97 Å². The summed E-state index contributed by atoms with van der Waals surface area (Å²) in [6.07, 6.45) is 3.20. The summed E-state index contributed by atoms with van der Waals surface area (Å²) in [5.74, 6) is -0.898. The van der Waals surface area contributed by atoms with Gasteiger partial charge in [-0.1, -0.05) is 19.8 Å². The van der Waals surface area contributed by atoms with Crippen molar-refractivity contribution in [2.45, 2.75) is 65.0 Å².